The predicted molar refractivity (Wildman–Crippen MR) is 39.4 cm³/mol. The molecule has 0 saturated heterocycles. The van der Waals surface area contributed by atoms with E-state index in [0.29, 0.717) is 6.42 Å². The Morgan fingerprint density at radius 3 is 2.56 bits per heavy atom. The Bertz CT molecular complexity index is 130. The van der Waals surface area contributed by atoms with E-state index in [4.69, 9.17) is 11.6 Å². The molecule has 0 aliphatic rings. The highest BCUT2D eigenvalue weighted by Crippen LogP contribution is 2.04. The first-order valence-electron chi connectivity index (χ1n) is 2.91. The van der Waals surface area contributed by atoms with E-state index in [2.05, 4.69) is 11.8 Å². The average Bonchev–Trinajstić information content (AvgIpc) is 1.84. The zero-order valence-corrected chi connectivity index (χ0v) is 6.50. The number of rotatable bonds is 1. The highest BCUT2D eigenvalue weighted by Gasteiger charge is 2.11. The molecule has 0 saturated carbocycles. The third-order valence-electron chi connectivity index (χ3n) is 1.11. The van der Waals surface area contributed by atoms with Gasteiger partial charge >= 0.3 is 0 Å². The SMILES string of the molecule is CCC(C)(O)C#CCCl. The molecule has 0 radical (unpaired) electrons. The van der Waals surface area contributed by atoms with Gasteiger partial charge in [0.15, 0.2) is 0 Å². The van der Waals surface area contributed by atoms with Crippen molar-refractivity contribution in [1.82, 2.24) is 0 Å². The summed E-state index contributed by atoms with van der Waals surface area (Å²) in [5.41, 5.74) is -0.852. The van der Waals surface area contributed by atoms with Gasteiger partial charge in [0.25, 0.3) is 0 Å². The van der Waals surface area contributed by atoms with Crippen LogP contribution in [-0.4, -0.2) is 16.6 Å². The summed E-state index contributed by atoms with van der Waals surface area (Å²) in [6, 6.07) is 0. The van der Waals surface area contributed by atoms with Crippen LogP contribution in [0.1, 0.15) is 20.3 Å². The Hall–Kier alpha value is -0.190. The van der Waals surface area contributed by atoms with Gasteiger partial charge in [-0.2, -0.15) is 0 Å². The summed E-state index contributed by atoms with van der Waals surface area (Å²) in [6.45, 7) is 3.55. The molecule has 0 aromatic heterocycles. The minimum atomic E-state index is -0.852. The van der Waals surface area contributed by atoms with E-state index in [0.717, 1.165) is 0 Å². The van der Waals surface area contributed by atoms with Crippen LogP contribution in [0.15, 0.2) is 0 Å². The summed E-state index contributed by atoms with van der Waals surface area (Å²) in [4.78, 5) is 0. The van der Waals surface area contributed by atoms with Crippen LogP contribution in [0, 0.1) is 11.8 Å². The Balaban J connectivity index is 3.84. The summed E-state index contributed by atoms with van der Waals surface area (Å²) >= 11 is 5.28. The monoisotopic (exact) mass is 146 g/mol. The van der Waals surface area contributed by atoms with Crippen LogP contribution in [0.3, 0.4) is 0 Å². The molecule has 9 heavy (non-hydrogen) atoms. The largest absolute Gasteiger partial charge is 0.378 e. The minimum Gasteiger partial charge on any atom is -0.378 e. The summed E-state index contributed by atoms with van der Waals surface area (Å²) in [5, 5.41) is 9.22. The van der Waals surface area contributed by atoms with Crippen LogP contribution in [0.25, 0.3) is 0 Å². The molecule has 0 fully saturated rings. The van der Waals surface area contributed by atoms with Crippen molar-refractivity contribution in [3.05, 3.63) is 0 Å². The van der Waals surface area contributed by atoms with E-state index in [1.54, 1.807) is 6.92 Å². The molecule has 1 N–H and O–H groups in total. The van der Waals surface area contributed by atoms with Crippen molar-refractivity contribution < 1.29 is 5.11 Å². The second-order valence-corrected chi connectivity index (χ2v) is 2.33. The van der Waals surface area contributed by atoms with Gasteiger partial charge in [0.2, 0.25) is 0 Å². The molecule has 0 aliphatic heterocycles. The van der Waals surface area contributed by atoms with Gasteiger partial charge in [0.1, 0.15) is 5.60 Å². The lowest BCUT2D eigenvalue weighted by Crippen LogP contribution is -2.19. The summed E-state index contributed by atoms with van der Waals surface area (Å²) < 4.78 is 0. The van der Waals surface area contributed by atoms with Crippen LogP contribution < -0.4 is 0 Å². The van der Waals surface area contributed by atoms with E-state index in [9.17, 15) is 5.11 Å². The number of aliphatic hydroxyl groups is 1. The quantitative estimate of drug-likeness (QED) is 0.438. The second kappa shape index (κ2) is 3.76. The van der Waals surface area contributed by atoms with Gasteiger partial charge in [0.05, 0.1) is 5.88 Å². The summed E-state index contributed by atoms with van der Waals surface area (Å²) in [6.07, 6.45) is 0.636. The maximum absolute atomic E-state index is 9.22. The van der Waals surface area contributed by atoms with E-state index in [1.165, 1.54) is 0 Å². The van der Waals surface area contributed by atoms with Crippen LogP contribution in [0.2, 0.25) is 0 Å². The van der Waals surface area contributed by atoms with Gasteiger partial charge in [-0.1, -0.05) is 18.8 Å². The van der Waals surface area contributed by atoms with E-state index >= 15 is 0 Å². The molecule has 1 atom stereocenters. The van der Waals surface area contributed by atoms with Crippen molar-refractivity contribution >= 4 is 11.6 Å². The smallest absolute Gasteiger partial charge is 0.122 e. The zero-order valence-electron chi connectivity index (χ0n) is 5.74. The van der Waals surface area contributed by atoms with Crippen LogP contribution in [0.4, 0.5) is 0 Å². The first-order valence-corrected chi connectivity index (χ1v) is 3.44. The van der Waals surface area contributed by atoms with Crippen molar-refractivity contribution in [2.75, 3.05) is 5.88 Å². The Morgan fingerprint density at radius 2 is 2.22 bits per heavy atom. The van der Waals surface area contributed by atoms with Gasteiger partial charge < -0.3 is 5.11 Å². The maximum Gasteiger partial charge on any atom is 0.122 e. The lowest BCUT2D eigenvalue weighted by Gasteiger charge is -2.11. The average molecular weight is 147 g/mol. The van der Waals surface area contributed by atoms with Gasteiger partial charge in [-0.25, -0.2) is 0 Å². The molecule has 1 nitrogen and oxygen atoms in total. The van der Waals surface area contributed by atoms with E-state index in [-0.39, 0.29) is 5.88 Å². The second-order valence-electron chi connectivity index (χ2n) is 2.06. The Labute approximate surface area is 61.0 Å². The molecule has 2 heteroatoms. The first kappa shape index (κ1) is 8.81. The number of hydrogen-bond donors (Lipinski definition) is 1. The Kier molecular flexibility index (Phi) is 3.68. The normalized spacial score (nSPS) is 15.6. The summed E-state index contributed by atoms with van der Waals surface area (Å²) in [7, 11) is 0. The minimum absolute atomic E-state index is 0.288. The number of alkyl halides is 1. The topological polar surface area (TPSA) is 20.2 Å². The fraction of sp³-hybridized carbons (Fsp3) is 0.714. The lowest BCUT2D eigenvalue weighted by molar-refractivity contribution is 0.118. The standard InChI is InChI=1S/C7H11ClO/c1-3-7(2,9)5-4-6-8/h9H,3,6H2,1-2H3. The molecule has 0 aromatic carbocycles. The molecule has 52 valence electrons. The van der Waals surface area contributed by atoms with Crippen molar-refractivity contribution in [1.29, 1.82) is 0 Å². The fourth-order valence-corrected chi connectivity index (χ4v) is 0.379. The first-order chi connectivity index (χ1) is 4.12. The molecule has 0 bridgehead atoms. The molecule has 0 aromatic rings. The third kappa shape index (κ3) is 4.32. The van der Waals surface area contributed by atoms with Gasteiger partial charge in [-0.05, 0) is 13.3 Å². The van der Waals surface area contributed by atoms with Gasteiger partial charge in [0, 0.05) is 0 Å². The van der Waals surface area contributed by atoms with Crippen molar-refractivity contribution in [2.45, 2.75) is 25.9 Å². The Morgan fingerprint density at radius 1 is 1.67 bits per heavy atom. The molecule has 0 heterocycles. The van der Waals surface area contributed by atoms with Gasteiger partial charge in [-0.15, -0.1) is 11.6 Å². The molecule has 0 rings (SSSR count). The van der Waals surface area contributed by atoms with Crippen LogP contribution in [0.5, 0.6) is 0 Å². The molecule has 0 aliphatic carbocycles. The van der Waals surface area contributed by atoms with E-state index in [1.807, 2.05) is 6.92 Å². The molecule has 0 spiro atoms. The van der Waals surface area contributed by atoms with E-state index < -0.39 is 5.60 Å². The van der Waals surface area contributed by atoms with Crippen molar-refractivity contribution in [3.63, 3.8) is 0 Å². The molecule has 1 unspecified atom stereocenters. The summed E-state index contributed by atoms with van der Waals surface area (Å²) in [5.74, 6) is 5.52. The zero-order chi connectivity index (χ0) is 7.33. The van der Waals surface area contributed by atoms with Crippen LogP contribution >= 0.6 is 11.6 Å². The predicted octanol–water partition coefficient (Wildman–Crippen LogP) is 1.39. The van der Waals surface area contributed by atoms with Crippen molar-refractivity contribution in [2.24, 2.45) is 0 Å². The molecular weight excluding hydrogens is 136 g/mol. The highest BCUT2D eigenvalue weighted by molar-refractivity contribution is 6.19. The fourth-order valence-electron chi connectivity index (χ4n) is 0.312. The van der Waals surface area contributed by atoms with Gasteiger partial charge in [-0.3, -0.25) is 0 Å². The molecule has 0 amide bonds. The lowest BCUT2D eigenvalue weighted by atomic mass is 10.1. The number of hydrogen-bond acceptors (Lipinski definition) is 1. The number of halogens is 1. The van der Waals surface area contributed by atoms with Crippen LogP contribution in [-0.2, 0) is 0 Å². The van der Waals surface area contributed by atoms with Crippen molar-refractivity contribution in [3.8, 4) is 11.8 Å². The highest BCUT2D eigenvalue weighted by atomic mass is 35.5. The third-order valence-corrected chi connectivity index (χ3v) is 1.25. The molecular formula is C7H11ClO. The maximum atomic E-state index is 9.22.